The largest absolute Gasteiger partial charge is 0.507 e. The van der Waals surface area contributed by atoms with Gasteiger partial charge in [-0.3, -0.25) is 14.5 Å². The standard InChI is InChI=1S/C25H19ClFNO5/c1-32-18-9-6-14(7-10-18)22-21(23(29)15-8-11-19(26)20(12-15)33-2)24(30)25(31)28(22)17-5-3-4-16(27)13-17/h3-13,22,29H,1-2H3/b23-21+. The van der Waals surface area contributed by atoms with Gasteiger partial charge in [0.1, 0.15) is 23.1 Å². The fourth-order valence-corrected chi connectivity index (χ4v) is 3.98. The number of rotatable bonds is 5. The number of methoxy groups -OCH3 is 2. The number of halogens is 2. The van der Waals surface area contributed by atoms with E-state index in [1.807, 2.05) is 0 Å². The molecule has 1 atom stereocenters. The summed E-state index contributed by atoms with van der Waals surface area (Å²) in [7, 11) is 2.94. The van der Waals surface area contributed by atoms with Crippen LogP contribution in [0.1, 0.15) is 17.2 Å². The molecule has 0 saturated carbocycles. The van der Waals surface area contributed by atoms with Crippen molar-refractivity contribution in [3.05, 3.63) is 94.3 Å². The van der Waals surface area contributed by atoms with Crippen molar-refractivity contribution in [3.8, 4) is 11.5 Å². The van der Waals surface area contributed by atoms with Gasteiger partial charge in [-0.1, -0.05) is 29.8 Å². The van der Waals surface area contributed by atoms with Crippen molar-refractivity contribution in [2.24, 2.45) is 0 Å². The van der Waals surface area contributed by atoms with E-state index in [-0.39, 0.29) is 16.8 Å². The molecule has 0 spiro atoms. The summed E-state index contributed by atoms with van der Waals surface area (Å²) in [5, 5.41) is 11.5. The second-order valence-corrected chi connectivity index (χ2v) is 7.68. The van der Waals surface area contributed by atoms with Crippen LogP contribution in [-0.2, 0) is 9.59 Å². The van der Waals surface area contributed by atoms with Gasteiger partial charge in [0.2, 0.25) is 0 Å². The van der Waals surface area contributed by atoms with Crippen LogP contribution in [0.15, 0.2) is 72.3 Å². The van der Waals surface area contributed by atoms with Gasteiger partial charge in [0, 0.05) is 11.3 Å². The highest BCUT2D eigenvalue weighted by Gasteiger charge is 2.47. The average molecular weight is 468 g/mol. The Morgan fingerprint density at radius 2 is 1.73 bits per heavy atom. The minimum Gasteiger partial charge on any atom is -0.507 e. The lowest BCUT2D eigenvalue weighted by atomic mass is 9.95. The summed E-state index contributed by atoms with van der Waals surface area (Å²) in [5.74, 6) is -1.88. The number of carbonyl (C=O) groups excluding carboxylic acids is 2. The van der Waals surface area contributed by atoms with E-state index < -0.39 is 29.3 Å². The topological polar surface area (TPSA) is 76.1 Å². The molecule has 4 rings (SSSR count). The molecule has 0 bridgehead atoms. The number of carbonyl (C=O) groups is 2. The highest BCUT2D eigenvalue weighted by atomic mass is 35.5. The van der Waals surface area contributed by atoms with E-state index >= 15 is 0 Å². The third-order valence-electron chi connectivity index (χ3n) is 5.39. The van der Waals surface area contributed by atoms with Gasteiger partial charge < -0.3 is 14.6 Å². The van der Waals surface area contributed by atoms with Gasteiger partial charge in [-0.2, -0.15) is 0 Å². The molecule has 0 radical (unpaired) electrons. The molecule has 8 heteroatoms. The molecule has 1 N–H and O–H groups in total. The zero-order chi connectivity index (χ0) is 23.7. The first-order chi connectivity index (χ1) is 15.8. The van der Waals surface area contributed by atoms with E-state index in [4.69, 9.17) is 21.1 Å². The van der Waals surface area contributed by atoms with E-state index in [9.17, 15) is 19.1 Å². The first kappa shape index (κ1) is 22.4. The summed E-state index contributed by atoms with van der Waals surface area (Å²) in [6.07, 6.45) is 0. The Hall–Kier alpha value is -3.84. The first-order valence-electron chi connectivity index (χ1n) is 9.90. The maximum absolute atomic E-state index is 14.0. The van der Waals surface area contributed by atoms with Crippen LogP contribution in [0.3, 0.4) is 0 Å². The fraction of sp³-hybridized carbons (Fsp3) is 0.120. The number of benzene rings is 3. The minimum atomic E-state index is -1.00. The Bertz CT molecular complexity index is 1270. The molecule has 1 amide bonds. The normalized spacial score (nSPS) is 17.3. The number of ketones is 1. The van der Waals surface area contributed by atoms with Gasteiger partial charge in [-0.05, 0) is 54.1 Å². The quantitative estimate of drug-likeness (QED) is 0.320. The Kier molecular flexibility index (Phi) is 6.07. The van der Waals surface area contributed by atoms with Crippen LogP contribution in [0.4, 0.5) is 10.1 Å². The second-order valence-electron chi connectivity index (χ2n) is 7.27. The summed E-state index contributed by atoms with van der Waals surface area (Å²) in [5.41, 5.74) is 0.818. The van der Waals surface area contributed by atoms with Crippen molar-refractivity contribution in [2.45, 2.75) is 6.04 Å². The monoisotopic (exact) mass is 467 g/mol. The molecule has 6 nitrogen and oxygen atoms in total. The van der Waals surface area contributed by atoms with Crippen molar-refractivity contribution in [2.75, 3.05) is 19.1 Å². The molecule has 3 aromatic rings. The summed E-state index contributed by atoms with van der Waals surface area (Å²) in [4.78, 5) is 27.4. The third-order valence-corrected chi connectivity index (χ3v) is 5.70. The van der Waals surface area contributed by atoms with Crippen molar-refractivity contribution in [3.63, 3.8) is 0 Å². The SMILES string of the molecule is COc1ccc(C2/C(=C(\O)c3ccc(Cl)c(OC)c3)C(=O)C(=O)N2c2cccc(F)c2)cc1. The van der Waals surface area contributed by atoms with Crippen molar-refractivity contribution in [1.29, 1.82) is 0 Å². The summed E-state index contributed by atoms with van der Waals surface area (Å²) >= 11 is 6.08. The molecule has 1 heterocycles. The Labute approximate surface area is 194 Å². The van der Waals surface area contributed by atoms with Crippen LogP contribution in [0.25, 0.3) is 5.76 Å². The summed E-state index contributed by atoms with van der Waals surface area (Å²) in [6.45, 7) is 0. The zero-order valence-corrected chi connectivity index (χ0v) is 18.5. The third kappa shape index (κ3) is 4.03. The Balaban J connectivity index is 1.94. The molecule has 0 aliphatic carbocycles. The van der Waals surface area contributed by atoms with Crippen molar-refractivity contribution in [1.82, 2.24) is 0 Å². The number of amides is 1. The maximum Gasteiger partial charge on any atom is 0.300 e. The zero-order valence-electron chi connectivity index (χ0n) is 17.7. The average Bonchev–Trinajstić information content (AvgIpc) is 3.09. The molecule has 1 unspecified atom stereocenters. The molecule has 0 aromatic heterocycles. The van der Waals surface area contributed by atoms with Crippen LogP contribution in [0.5, 0.6) is 11.5 Å². The predicted molar refractivity (Wildman–Crippen MR) is 122 cm³/mol. The van der Waals surface area contributed by atoms with Crippen molar-refractivity contribution >= 4 is 34.7 Å². The first-order valence-corrected chi connectivity index (χ1v) is 10.3. The van der Waals surface area contributed by atoms with E-state index in [0.29, 0.717) is 22.1 Å². The van der Waals surface area contributed by atoms with Gasteiger partial charge in [0.15, 0.2) is 0 Å². The highest BCUT2D eigenvalue weighted by Crippen LogP contribution is 2.43. The molecule has 3 aromatic carbocycles. The van der Waals surface area contributed by atoms with Gasteiger partial charge in [0.25, 0.3) is 11.7 Å². The van der Waals surface area contributed by atoms with Gasteiger partial charge in [-0.25, -0.2) is 4.39 Å². The van der Waals surface area contributed by atoms with E-state index in [0.717, 1.165) is 6.07 Å². The predicted octanol–water partition coefficient (Wildman–Crippen LogP) is 5.12. The molecular weight excluding hydrogens is 449 g/mol. The summed E-state index contributed by atoms with van der Waals surface area (Å²) in [6, 6.07) is 15.6. The Morgan fingerprint density at radius 1 is 1.00 bits per heavy atom. The van der Waals surface area contributed by atoms with E-state index in [1.165, 1.54) is 55.5 Å². The molecule has 1 aliphatic rings. The molecular formula is C25H19ClFNO5. The Morgan fingerprint density at radius 3 is 2.36 bits per heavy atom. The van der Waals surface area contributed by atoms with Crippen LogP contribution >= 0.6 is 11.6 Å². The van der Waals surface area contributed by atoms with Gasteiger partial charge in [0.05, 0.1) is 30.9 Å². The number of ether oxygens (including phenoxy) is 2. The molecule has 33 heavy (non-hydrogen) atoms. The number of hydrogen-bond acceptors (Lipinski definition) is 5. The molecule has 1 aliphatic heterocycles. The minimum absolute atomic E-state index is 0.140. The number of aliphatic hydroxyl groups is 1. The number of nitrogens with zero attached hydrogens (tertiary/aromatic N) is 1. The van der Waals surface area contributed by atoms with E-state index in [1.54, 1.807) is 24.3 Å². The molecule has 1 fully saturated rings. The van der Waals surface area contributed by atoms with Crippen LogP contribution in [0.2, 0.25) is 5.02 Å². The maximum atomic E-state index is 14.0. The fourth-order valence-electron chi connectivity index (χ4n) is 3.79. The number of hydrogen-bond donors (Lipinski definition) is 1. The second kappa shape index (κ2) is 8.96. The van der Waals surface area contributed by atoms with Crippen LogP contribution < -0.4 is 14.4 Å². The number of anilines is 1. The highest BCUT2D eigenvalue weighted by molar-refractivity contribution is 6.51. The molecule has 168 valence electrons. The summed E-state index contributed by atoms with van der Waals surface area (Å²) < 4.78 is 24.4. The van der Waals surface area contributed by atoms with E-state index in [2.05, 4.69) is 0 Å². The lowest BCUT2D eigenvalue weighted by Gasteiger charge is -2.25. The van der Waals surface area contributed by atoms with Gasteiger partial charge in [-0.15, -0.1) is 0 Å². The number of aliphatic hydroxyl groups excluding tert-OH is 1. The van der Waals surface area contributed by atoms with Crippen molar-refractivity contribution < 1.29 is 28.6 Å². The van der Waals surface area contributed by atoms with Crippen LogP contribution in [0, 0.1) is 5.82 Å². The van der Waals surface area contributed by atoms with Gasteiger partial charge >= 0.3 is 0 Å². The molecule has 1 saturated heterocycles. The number of Topliss-reactive ketones (excluding diaryl/α,β-unsaturated/α-hetero) is 1. The van der Waals surface area contributed by atoms with Crippen LogP contribution in [-0.4, -0.2) is 31.0 Å². The lowest BCUT2D eigenvalue weighted by Crippen LogP contribution is -2.29. The lowest BCUT2D eigenvalue weighted by molar-refractivity contribution is -0.132. The smallest absolute Gasteiger partial charge is 0.300 e.